The van der Waals surface area contributed by atoms with Crippen molar-refractivity contribution in [3.05, 3.63) is 142 Å². The van der Waals surface area contributed by atoms with Gasteiger partial charge in [0.05, 0.1) is 47.8 Å². The minimum Gasteiger partial charge on any atom is -0.486 e. The summed E-state index contributed by atoms with van der Waals surface area (Å²) in [6.45, 7) is 8.38. The van der Waals surface area contributed by atoms with Gasteiger partial charge < -0.3 is 44.9 Å². The van der Waals surface area contributed by atoms with E-state index in [0.29, 0.717) is 90.0 Å². The number of aromatic nitrogens is 7. The summed E-state index contributed by atoms with van der Waals surface area (Å²) in [5.74, 6) is -0.781. The number of anilines is 1. The first kappa shape index (κ1) is 53.5. The molecule has 2 bridgehead atoms. The second-order valence-corrected chi connectivity index (χ2v) is 21.4. The normalized spacial score (nSPS) is 18.2. The fourth-order valence-electron chi connectivity index (χ4n) is 10.7. The molecule has 2 amide bonds. The van der Waals surface area contributed by atoms with Gasteiger partial charge in [-0.05, 0) is 66.3 Å². The second-order valence-electron chi connectivity index (χ2n) is 20.6. The molecule has 0 spiro atoms. The number of amides is 2. The molecule has 5 N–H and O–H groups in total. The number of nitrogens with one attached hydrogen (secondary N) is 3. The molecule has 6 heterocycles. The summed E-state index contributed by atoms with van der Waals surface area (Å²) in [5, 5.41) is 45.9. The van der Waals surface area contributed by atoms with Gasteiger partial charge in [0.1, 0.15) is 48.1 Å². The van der Waals surface area contributed by atoms with Gasteiger partial charge in [-0.3, -0.25) is 14.7 Å². The molecule has 0 radical (unpaired) electrons. The molecule has 3 aromatic heterocycles. The van der Waals surface area contributed by atoms with Crippen LogP contribution in [0.1, 0.15) is 56.0 Å². The molecule has 8 aromatic rings. The number of ether oxygens (including phenoxy) is 3. The Kier molecular flexibility index (Phi) is 15.1. The van der Waals surface area contributed by atoms with Crippen LogP contribution in [0, 0.1) is 18.7 Å². The van der Waals surface area contributed by atoms with Crippen molar-refractivity contribution in [1.29, 1.82) is 0 Å². The van der Waals surface area contributed by atoms with Crippen molar-refractivity contribution in [2.75, 3.05) is 44.9 Å². The third-order valence-electron chi connectivity index (χ3n) is 15.0. The molecule has 1 saturated heterocycles. The minimum absolute atomic E-state index is 0.0198. The number of β-amino-alcohol motifs (C(OH)–C–C–N with tert-alkyl or cyclic N) is 1. The van der Waals surface area contributed by atoms with Crippen LogP contribution in [0.2, 0.25) is 10.0 Å². The Morgan fingerprint density at radius 2 is 1.71 bits per heavy atom. The van der Waals surface area contributed by atoms with Crippen molar-refractivity contribution in [3.63, 3.8) is 0 Å². The van der Waals surface area contributed by atoms with E-state index < -0.39 is 48.5 Å². The molecule has 3 aliphatic heterocycles. The quantitative estimate of drug-likeness (QED) is 0.0544. The highest BCUT2D eigenvalue weighted by Gasteiger charge is 2.43. The molecule has 408 valence electrons. The lowest BCUT2D eigenvalue weighted by Crippen LogP contribution is -2.50. The van der Waals surface area contributed by atoms with Gasteiger partial charge in [0, 0.05) is 83.0 Å². The molecule has 0 unspecified atom stereocenters. The SMILES string of the molecule is CO[C@@H](C)COc1nc(N2C[C@@H]3C=C2CN3)c2cc(Cl)c(-c3c(C)c(F)cc4[nH]ncc34)c(OCc3ccc(-c4cn([C@H](C(=O)N5C[C@H](O)C[C@H]5C(=O)N[C@@H](CO)c5ccc(-c6ccccc6Cl)cc5)C(C)C)nn4)cc3)c2n1. The van der Waals surface area contributed by atoms with Gasteiger partial charge in [-0.2, -0.15) is 15.1 Å². The van der Waals surface area contributed by atoms with Gasteiger partial charge in [0.25, 0.3) is 0 Å². The molecule has 3 aliphatic rings. The van der Waals surface area contributed by atoms with Crippen LogP contribution in [0.25, 0.3) is 55.3 Å². The number of fused-ring (bicyclic) bond motifs is 3. The third kappa shape index (κ3) is 10.5. The first-order valence-electron chi connectivity index (χ1n) is 26.1. The number of rotatable bonds is 18. The van der Waals surface area contributed by atoms with Gasteiger partial charge in [0.15, 0.2) is 5.75 Å². The number of H-pyrrole nitrogens is 1. The summed E-state index contributed by atoms with van der Waals surface area (Å²) in [6, 6.07) is 23.1. The smallest absolute Gasteiger partial charge is 0.319 e. The van der Waals surface area contributed by atoms with Gasteiger partial charge in [0.2, 0.25) is 11.8 Å². The van der Waals surface area contributed by atoms with E-state index in [-0.39, 0.29) is 50.3 Å². The maximum absolute atomic E-state index is 15.8. The number of hydrogen-bond acceptors (Lipinski definition) is 14. The maximum Gasteiger partial charge on any atom is 0.319 e. The number of carbonyl (C=O) groups is 2. The first-order chi connectivity index (χ1) is 38.2. The Morgan fingerprint density at radius 1 is 0.937 bits per heavy atom. The summed E-state index contributed by atoms with van der Waals surface area (Å²) >= 11 is 13.8. The van der Waals surface area contributed by atoms with Gasteiger partial charge in [-0.1, -0.05) is 109 Å². The maximum atomic E-state index is 15.8. The molecule has 11 rings (SSSR count). The number of benzene rings is 5. The summed E-state index contributed by atoms with van der Waals surface area (Å²) in [7, 11) is 1.60. The predicted molar refractivity (Wildman–Crippen MR) is 298 cm³/mol. The predicted octanol–water partition coefficient (Wildman–Crippen LogP) is 8.53. The fraction of sp³-hybridized carbons (Fsp3) is 0.328. The second kappa shape index (κ2) is 22.3. The van der Waals surface area contributed by atoms with Gasteiger partial charge in [-0.15, -0.1) is 5.10 Å². The topological polar surface area (TPSA) is 218 Å². The Bertz CT molecular complexity index is 3630. The average Bonchev–Trinajstić information content (AvgIpc) is 4.47. The van der Waals surface area contributed by atoms with Crippen molar-refractivity contribution in [3.8, 4) is 45.3 Å². The van der Waals surface area contributed by atoms with Crippen LogP contribution in [0.3, 0.4) is 0 Å². The third-order valence-corrected chi connectivity index (χ3v) is 15.6. The number of carbonyl (C=O) groups excluding carboxylic acids is 2. The Hall–Kier alpha value is -7.52. The summed E-state index contributed by atoms with van der Waals surface area (Å²) in [6.07, 6.45) is 4.31. The standard InChI is InChI=1S/C58H58Cl2FN11O7/c1-30(2)53(57(76)71-25-39(74)19-49(71)56(75)64-48(27-73)36-16-14-34(15-17-36)40-8-6-7-9-43(40)59)72-26-47(68-69-72)35-12-10-33(11-13-35)29-78-54-51(50-32(4)45(61)21-46-42(50)23-63-67-46)44(60)20-41-52(54)65-58(79-28-31(3)77-5)66-55(41)70-24-37-18-38(70)22-62-37/h6-18,20-21,23,26,30-31,37,39,48-49,53,62,73-74H,19,22,24-25,27-29H2,1-5H3,(H,63,67)(H,64,75)/t31-,37-,39+,48-,49-,53-/m0/s1. The zero-order valence-corrected chi connectivity index (χ0v) is 45.5. The number of aliphatic hydroxyl groups is 2. The van der Waals surface area contributed by atoms with E-state index in [1.165, 1.54) is 15.6 Å². The van der Waals surface area contributed by atoms with Crippen molar-refractivity contribution in [1.82, 2.24) is 50.7 Å². The lowest BCUT2D eigenvalue weighted by Gasteiger charge is -2.30. The summed E-state index contributed by atoms with van der Waals surface area (Å²) in [4.78, 5) is 42.0. The number of nitrogens with zero attached hydrogens (tertiary/aromatic N) is 8. The highest BCUT2D eigenvalue weighted by atomic mass is 35.5. The molecule has 79 heavy (non-hydrogen) atoms. The molecule has 6 atom stereocenters. The van der Waals surface area contributed by atoms with E-state index in [9.17, 15) is 19.8 Å². The van der Waals surface area contributed by atoms with E-state index in [1.54, 1.807) is 32.5 Å². The molecule has 1 fully saturated rings. The van der Waals surface area contributed by atoms with Crippen LogP contribution >= 0.6 is 23.2 Å². The molecule has 18 nitrogen and oxygen atoms in total. The first-order valence-corrected chi connectivity index (χ1v) is 26.9. The highest BCUT2D eigenvalue weighted by Crippen LogP contribution is 2.49. The molecular formula is C58H58Cl2FN11O7. The molecular weight excluding hydrogens is 1050 g/mol. The lowest BCUT2D eigenvalue weighted by molar-refractivity contribution is -0.142. The van der Waals surface area contributed by atoms with Crippen molar-refractivity contribution < 1.29 is 38.4 Å². The number of hydrogen-bond donors (Lipinski definition) is 5. The van der Waals surface area contributed by atoms with E-state index in [0.717, 1.165) is 22.4 Å². The highest BCUT2D eigenvalue weighted by molar-refractivity contribution is 6.36. The fourth-order valence-corrected chi connectivity index (χ4v) is 11.3. The minimum atomic E-state index is -1.01. The number of methoxy groups -OCH3 is 1. The Balaban J connectivity index is 0.853. The Morgan fingerprint density at radius 3 is 2.42 bits per heavy atom. The zero-order valence-electron chi connectivity index (χ0n) is 44.0. The van der Waals surface area contributed by atoms with E-state index in [1.807, 2.05) is 93.6 Å². The van der Waals surface area contributed by atoms with E-state index in [2.05, 4.69) is 42.1 Å². The van der Waals surface area contributed by atoms with Crippen LogP contribution in [-0.4, -0.2) is 126 Å². The number of likely N-dealkylation sites (tertiary alicyclic amines) is 1. The van der Waals surface area contributed by atoms with Crippen molar-refractivity contribution >= 4 is 62.6 Å². The largest absolute Gasteiger partial charge is 0.486 e. The van der Waals surface area contributed by atoms with Crippen LogP contribution in [-0.2, 0) is 20.9 Å². The van der Waals surface area contributed by atoms with Gasteiger partial charge >= 0.3 is 6.01 Å². The average molecular weight is 1110 g/mol. The van der Waals surface area contributed by atoms with Crippen LogP contribution in [0.5, 0.6) is 11.8 Å². The van der Waals surface area contributed by atoms with Gasteiger partial charge in [-0.25, -0.2) is 9.07 Å². The number of piperazine rings is 1. The number of aromatic amines is 1. The monoisotopic (exact) mass is 1110 g/mol. The van der Waals surface area contributed by atoms with E-state index >= 15 is 4.39 Å². The van der Waals surface area contributed by atoms with Crippen LogP contribution in [0.4, 0.5) is 10.2 Å². The molecule has 21 heteroatoms. The Labute approximate surface area is 464 Å². The molecule has 5 aromatic carbocycles. The van der Waals surface area contributed by atoms with E-state index in [4.69, 9.17) is 47.4 Å². The number of aliphatic hydroxyl groups excluding tert-OH is 2. The molecule has 0 aliphatic carbocycles. The number of halogens is 3. The lowest BCUT2D eigenvalue weighted by atomic mass is 9.94. The van der Waals surface area contributed by atoms with Crippen molar-refractivity contribution in [2.45, 2.75) is 77.1 Å². The zero-order chi connectivity index (χ0) is 55.2. The van der Waals surface area contributed by atoms with Crippen LogP contribution < -0.4 is 25.0 Å². The van der Waals surface area contributed by atoms with Crippen molar-refractivity contribution in [2.24, 2.45) is 5.92 Å². The molecule has 0 saturated carbocycles. The van der Waals surface area contributed by atoms with Crippen LogP contribution in [0.15, 0.2) is 109 Å². The summed E-state index contributed by atoms with van der Waals surface area (Å²) in [5.41, 5.74) is 7.54. The summed E-state index contributed by atoms with van der Waals surface area (Å²) < 4.78 is 35.9.